The van der Waals surface area contributed by atoms with Crippen LogP contribution in [0.2, 0.25) is 5.02 Å². The van der Waals surface area contributed by atoms with Crippen molar-refractivity contribution < 1.29 is 17.9 Å². The first-order valence-corrected chi connectivity index (χ1v) is 8.65. The summed E-state index contributed by atoms with van der Waals surface area (Å²) in [5, 5.41) is -0.326. The van der Waals surface area contributed by atoms with Gasteiger partial charge in [0.1, 0.15) is 9.84 Å². The number of ether oxygens (including phenoxy) is 2. The Kier molecular flexibility index (Phi) is 4.48. The molecule has 0 amide bonds. The highest BCUT2D eigenvalue weighted by atomic mass is 35.5. The third-order valence-electron chi connectivity index (χ3n) is 2.65. The quantitative estimate of drug-likeness (QED) is 0.802. The minimum atomic E-state index is -3.18. The van der Waals surface area contributed by atoms with Gasteiger partial charge in [-0.15, -0.1) is 11.6 Å². The van der Waals surface area contributed by atoms with Gasteiger partial charge >= 0.3 is 0 Å². The van der Waals surface area contributed by atoms with E-state index in [0.29, 0.717) is 35.3 Å². The van der Waals surface area contributed by atoms with Crippen LogP contribution in [0.3, 0.4) is 0 Å². The van der Waals surface area contributed by atoms with Gasteiger partial charge in [-0.25, -0.2) is 8.42 Å². The third kappa shape index (κ3) is 3.91. The number of fused-ring (bicyclic) bond motifs is 1. The van der Waals surface area contributed by atoms with Crippen molar-refractivity contribution in [2.75, 3.05) is 25.2 Å². The van der Waals surface area contributed by atoms with Crippen molar-refractivity contribution >= 4 is 33.0 Å². The highest BCUT2D eigenvalue weighted by Crippen LogP contribution is 2.39. The first kappa shape index (κ1) is 14.8. The highest BCUT2D eigenvalue weighted by Gasteiger charge is 2.21. The predicted molar refractivity (Wildman–Crippen MR) is 75.4 cm³/mol. The molecule has 1 aromatic carbocycles. The van der Waals surface area contributed by atoms with E-state index >= 15 is 0 Å². The van der Waals surface area contributed by atoms with E-state index in [2.05, 4.69) is 0 Å². The van der Waals surface area contributed by atoms with E-state index in [1.165, 1.54) is 0 Å². The van der Waals surface area contributed by atoms with Crippen molar-refractivity contribution in [1.29, 1.82) is 0 Å². The Hall–Kier alpha value is -0.650. The van der Waals surface area contributed by atoms with E-state index in [0.717, 1.165) is 12.7 Å². The number of alkyl halides is 1. The molecule has 0 saturated carbocycles. The van der Waals surface area contributed by atoms with Crippen molar-refractivity contribution in [1.82, 2.24) is 0 Å². The second-order valence-electron chi connectivity index (χ2n) is 4.43. The van der Waals surface area contributed by atoms with E-state index in [1.807, 2.05) is 0 Å². The second kappa shape index (κ2) is 5.77. The molecule has 2 rings (SSSR count). The number of hydrogen-bond donors (Lipinski definition) is 0. The lowest BCUT2D eigenvalue weighted by Crippen LogP contribution is -2.09. The van der Waals surface area contributed by atoms with E-state index in [1.54, 1.807) is 12.1 Å². The summed E-state index contributed by atoms with van der Waals surface area (Å²) < 4.78 is 33.6. The average Bonchev–Trinajstić information content (AvgIpc) is 2.50. The van der Waals surface area contributed by atoms with E-state index < -0.39 is 15.2 Å². The van der Waals surface area contributed by atoms with Crippen molar-refractivity contribution in [2.24, 2.45) is 0 Å². The van der Waals surface area contributed by atoms with Crippen LogP contribution in [-0.2, 0) is 9.84 Å². The maximum Gasteiger partial charge on any atom is 0.162 e. The van der Waals surface area contributed by atoms with Gasteiger partial charge in [-0.3, -0.25) is 0 Å². The lowest BCUT2D eigenvalue weighted by molar-refractivity contribution is 0.297. The molecule has 1 aliphatic rings. The lowest BCUT2D eigenvalue weighted by Gasteiger charge is -2.14. The Balaban J connectivity index is 2.33. The van der Waals surface area contributed by atoms with Gasteiger partial charge in [0, 0.05) is 23.8 Å². The fourth-order valence-corrected chi connectivity index (χ4v) is 3.71. The molecule has 4 nitrogen and oxygen atoms in total. The number of rotatable bonds is 3. The first-order valence-electron chi connectivity index (χ1n) is 5.77. The molecule has 1 aromatic rings. The molecule has 1 heterocycles. The zero-order valence-electron chi connectivity index (χ0n) is 10.4. The van der Waals surface area contributed by atoms with Crippen LogP contribution in [0.5, 0.6) is 11.5 Å². The van der Waals surface area contributed by atoms with Gasteiger partial charge in [0.05, 0.1) is 24.3 Å². The number of halogens is 2. The SMILES string of the molecule is CS(=O)(=O)CC(Cl)c1cc2c(cc1Cl)OCCCO2. The largest absolute Gasteiger partial charge is 0.490 e. The van der Waals surface area contributed by atoms with Crippen molar-refractivity contribution in [3.63, 3.8) is 0 Å². The molecule has 0 aliphatic carbocycles. The van der Waals surface area contributed by atoms with Gasteiger partial charge in [0.15, 0.2) is 11.5 Å². The van der Waals surface area contributed by atoms with E-state index in [4.69, 9.17) is 32.7 Å². The molecule has 1 aliphatic heterocycles. The summed E-state index contributed by atoms with van der Waals surface area (Å²) in [6.45, 7) is 1.11. The molecule has 0 aromatic heterocycles. The molecule has 7 heteroatoms. The Morgan fingerprint density at radius 3 is 2.42 bits per heavy atom. The van der Waals surface area contributed by atoms with Crippen LogP contribution >= 0.6 is 23.2 Å². The molecule has 0 saturated heterocycles. The van der Waals surface area contributed by atoms with Gasteiger partial charge in [0.25, 0.3) is 0 Å². The molecule has 0 fully saturated rings. The Bertz CT molecular complexity index is 571. The molecule has 1 atom stereocenters. The van der Waals surface area contributed by atoms with Crippen molar-refractivity contribution in [2.45, 2.75) is 11.8 Å². The Morgan fingerprint density at radius 2 is 1.84 bits per heavy atom. The van der Waals surface area contributed by atoms with Gasteiger partial charge in [-0.05, 0) is 11.6 Å². The summed E-state index contributed by atoms with van der Waals surface area (Å²) in [7, 11) is -3.18. The summed E-state index contributed by atoms with van der Waals surface area (Å²) in [5.74, 6) is 0.944. The molecule has 19 heavy (non-hydrogen) atoms. The normalized spacial score (nSPS) is 16.8. The summed E-state index contributed by atoms with van der Waals surface area (Å²) >= 11 is 12.2. The van der Waals surface area contributed by atoms with Gasteiger partial charge in [0.2, 0.25) is 0 Å². The fraction of sp³-hybridized carbons (Fsp3) is 0.500. The standard InChI is InChI=1S/C12H14Cl2O4S/c1-19(15,16)7-10(14)8-5-11-12(6-9(8)13)18-4-2-3-17-11/h5-6,10H,2-4,7H2,1H3. The van der Waals surface area contributed by atoms with Gasteiger partial charge < -0.3 is 9.47 Å². The molecule has 106 valence electrons. The second-order valence-corrected chi connectivity index (χ2v) is 7.55. The van der Waals surface area contributed by atoms with Crippen LogP contribution in [-0.4, -0.2) is 33.6 Å². The zero-order valence-corrected chi connectivity index (χ0v) is 12.7. The topological polar surface area (TPSA) is 52.6 Å². The van der Waals surface area contributed by atoms with Crippen LogP contribution in [0.1, 0.15) is 17.4 Å². The van der Waals surface area contributed by atoms with E-state index in [9.17, 15) is 8.42 Å². The zero-order chi connectivity index (χ0) is 14.0. The maximum atomic E-state index is 11.3. The highest BCUT2D eigenvalue weighted by molar-refractivity contribution is 7.90. The summed E-state index contributed by atoms with van der Waals surface area (Å²) in [4.78, 5) is 0. The minimum Gasteiger partial charge on any atom is -0.490 e. The van der Waals surface area contributed by atoms with Crippen LogP contribution in [0.15, 0.2) is 12.1 Å². The monoisotopic (exact) mass is 324 g/mol. The Morgan fingerprint density at radius 1 is 1.26 bits per heavy atom. The van der Waals surface area contributed by atoms with Gasteiger partial charge in [-0.1, -0.05) is 11.6 Å². The first-order chi connectivity index (χ1) is 8.87. The average molecular weight is 325 g/mol. The van der Waals surface area contributed by atoms with Crippen LogP contribution < -0.4 is 9.47 Å². The molecule has 1 unspecified atom stereocenters. The fourth-order valence-electron chi connectivity index (χ4n) is 1.80. The number of benzene rings is 1. The maximum absolute atomic E-state index is 11.3. The summed E-state index contributed by atoms with van der Waals surface area (Å²) in [6, 6.07) is 3.28. The molecule has 0 spiro atoms. The molecular weight excluding hydrogens is 311 g/mol. The van der Waals surface area contributed by atoms with Crippen LogP contribution in [0, 0.1) is 0 Å². The van der Waals surface area contributed by atoms with Crippen LogP contribution in [0.25, 0.3) is 0 Å². The molecule has 0 bridgehead atoms. The molecule has 0 N–H and O–H groups in total. The number of sulfone groups is 1. The minimum absolute atomic E-state index is 0.173. The van der Waals surface area contributed by atoms with Crippen LogP contribution in [0.4, 0.5) is 0 Å². The van der Waals surface area contributed by atoms with Crippen molar-refractivity contribution in [3.8, 4) is 11.5 Å². The summed E-state index contributed by atoms with van der Waals surface area (Å²) in [5.41, 5.74) is 0.540. The smallest absolute Gasteiger partial charge is 0.162 e. The molecule has 0 radical (unpaired) electrons. The van der Waals surface area contributed by atoms with Crippen molar-refractivity contribution in [3.05, 3.63) is 22.7 Å². The lowest BCUT2D eigenvalue weighted by atomic mass is 10.1. The predicted octanol–water partition coefficient (Wildman–Crippen LogP) is 2.83. The van der Waals surface area contributed by atoms with E-state index in [-0.39, 0.29) is 5.75 Å². The molecular formula is C12H14Cl2O4S. The van der Waals surface area contributed by atoms with Gasteiger partial charge in [-0.2, -0.15) is 0 Å². The Labute approximate surface area is 122 Å². The summed E-state index contributed by atoms with van der Waals surface area (Å²) in [6.07, 6.45) is 1.93. The third-order valence-corrected chi connectivity index (χ3v) is 4.49. The number of hydrogen-bond acceptors (Lipinski definition) is 4.